The topological polar surface area (TPSA) is 129 Å². The standard InChI is InChI=1S/C27H45N3O5/c1-9-11-21-20(17-31)14-19(12-10-13-29-24(34)35-26(6,7)8)16-27(21,30-18(2)32)23(33)15-22(28)25(3,4)5/h9,12,20-21,28,31H,1,10-11,13-17H2,2-8H3,(H,29,34)(H,30,32)/b19-12-,28-22?/t20-,21?,27?/m1/s1. The number of hydrogen-bond donors (Lipinski definition) is 4. The van der Waals surface area contributed by atoms with Gasteiger partial charge in [0.25, 0.3) is 0 Å². The highest BCUT2D eigenvalue weighted by Gasteiger charge is 2.52. The van der Waals surface area contributed by atoms with E-state index in [9.17, 15) is 19.5 Å². The van der Waals surface area contributed by atoms with Gasteiger partial charge in [-0.1, -0.05) is 38.5 Å². The predicted octanol–water partition coefficient (Wildman–Crippen LogP) is 4.32. The quantitative estimate of drug-likeness (QED) is 0.205. The first-order valence-electron chi connectivity index (χ1n) is 12.3. The van der Waals surface area contributed by atoms with Crippen molar-refractivity contribution in [3.05, 3.63) is 24.3 Å². The molecule has 1 rings (SSSR count). The van der Waals surface area contributed by atoms with Gasteiger partial charge in [0.05, 0.1) is 0 Å². The molecule has 0 spiro atoms. The molecule has 0 aromatic carbocycles. The average molecular weight is 492 g/mol. The van der Waals surface area contributed by atoms with E-state index in [0.717, 1.165) is 5.57 Å². The molecule has 0 bridgehead atoms. The van der Waals surface area contributed by atoms with Gasteiger partial charge in [-0.15, -0.1) is 6.58 Å². The number of ketones is 1. The average Bonchev–Trinajstić information content (AvgIpc) is 2.70. The molecule has 35 heavy (non-hydrogen) atoms. The smallest absolute Gasteiger partial charge is 0.407 e. The molecular weight excluding hydrogens is 446 g/mol. The molecule has 0 saturated heterocycles. The van der Waals surface area contributed by atoms with Crippen molar-refractivity contribution in [2.45, 2.75) is 91.7 Å². The number of alkyl carbamates (subject to hydrolysis) is 1. The fourth-order valence-electron chi connectivity index (χ4n) is 4.54. The minimum atomic E-state index is -1.24. The molecular formula is C27H45N3O5. The van der Waals surface area contributed by atoms with Crippen LogP contribution in [0.3, 0.4) is 0 Å². The van der Waals surface area contributed by atoms with E-state index in [-0.39, 0.29) is 36.6 Å². The van der Waals surface area contributed by atoms with Crippen molar-refractivity contribution in [2.24, 2.45) is 17.3 Å². The third kappa shape index (κ3) is 9.24. The van der Waals surface area contributed by atoms with Crippen LogP contribution in [0.25, 0.3) is 0 Å². The molecule has 0 aromatic rings. The molecule has 2 amide bonds. The highest BCUT2D eigenvalue weighted by atomic mass is 16.6. The predicted molar refractivity (Wildman–Crippen MR) is 138 cm³/mol. The Labute approximate surface area is 210 Å². The Morgan fingerprint density at radius 1 is 1.23 bits per heavy atom. The number of nitrogens with one attached hydrogen (secondary N) is 3. The Kier molecular flexibility index (Phi) is 10.9. The van der Waals surface area contributed by atoms with Crippen LogP contribution < -0.4 is 10.6 Å². The minimum absolute atomic E-state index is 0.0803. The van der Waals surface area contributed by atoms with Gasteiger partial charge in [0.15, 0.2) is 5.78 Å². The number of allylic oxidation sites excluding steroid dienone is 1. The van der Waals surface area contributed by atoms with Gasteiger partial charge in [-0.05, 0) is 63.7 Å². The summed E-state index contributed by atoms with van der Waals surface area (Å²) in [4.78, 5) is 38.0. The third-order valence-electron chi connectivity index (χ3n) is 6.27. The van der Waals surface area contributed by atoms with Crippen LogP contribution in [0.4, 0.5) is 4.79 Å². The van der Waals surface area contributed by atoms with Gasteiger partial charge in [0.2, 0.25) is 5.91 Å². The van der Waals surface area contributed by atoms with E-state index in [1.165, 1.54) is 6.92 Å². The van der Waals surface area contributed by atoms with Crippen molar-refractivity contribution in [1.82, 2.24) is 10.6 Å². The number of rotatable bonds is 10. The number of hydrogen-bond acceptors (Lipinski definition) is 6. The maximum Gasteiger partial charge on any atom is 0.407 e. The summed E-state index contributed by atoms with van der Waals surface area (Å²) in [7, 11) is 0. The van der Waals surface area contributed by atoms with E-state index >= 15 is 0 Å². The summed E-state index contributed by atoms with van der Waals surface area (Å²) in [6, 6.07) is 0. The summed E-state index contributed by atoms with van der Waals surface area (Å²) in [5, 5.41) is 24.3. The summed E-state index contributed by atoms with van der Waals surface area (Å²) in [6.45, 7) is 16.5. The lowest BCUT2D eigenvalue weighted by Crippen LogP contribution is -2.63. The molecule has 1 fully saturated rings. The van der Waals surface area contributed by atoms with Crippen molar-refractivity contribution >= 4 is 23.5 Å². The van der Waals surface area contributed by atoms with Gasteiger partial charge in [-0.3, -0.25) is 9.59 Å². The Bertz CT molecular complexity index is 835. The number of aliphatic hydroxyl groups excluding tert-OH is 1. The van der Waals surface area contributed by atoms with Crippen LogP contribution in [-0.2, 0) is 14.3 Å². The van der Waals surface area contributed by atoms with Crippen LogP contribution in [0.1, 0.15) is 80.6 Å². The maximum atomic E-state index is 13.8. The van der Waals surface area contributed by atoms with Gasteiger partial charge in [0.1, 0.15) is 11.1 Å². The normalized spacial score (nSPS) is 23.9. The fraction of sp³-hybridized carbons (Fsp3) is 0.704. The lowest BCUT2D eigenvalue weighted by molar-refractivity contribution is -0.135. The van der Waals surface area contributed by atoms with Crippen molar-refractivity contribution in [3.8, 4) is 0 Å². The molecule has 4 N–H and O–H groups in total. The summed E-state index contributed by atoms with van der Waals surface area (Å²) in [6.07, 6.45) is 4.94. The van der Waals surface area contributed by atoms with Crippen LogP contribution in [-0.4, -0.2) is 52.9 Å². The van der Waals surface area contributed by atoms with Gasteiger partial charge in [0, 0.05) is 32.2 Å². The van der Waals surface area contributed by atoms with Crippen LogP contribution in [0.2, 0.25) is 0 Å². The van der Waals surface area contributed by atoms with E-state index in [2.05, 4.69) is 17.2 Å². The molecule has 0 aliphatic heterocycles. The molecule has 0 radical (unpaired) electrons. The van der Waals surface area contributed by atoms with Crippen molar-refractivity contribution in [2.75, 3.05) is 13.2 Å². The zero-order chi connectivity index (χ0) is 27.0. The lowest BCUT2D eigenvalue weighted by Gasteiger charge is -2.48. The van der Waals surface area contributed by atoms with E-state index in [1.807, 2.05) is 26.8 Å². The highest BCUT2D eigenvalue weighted by Crippen LogP contribution is 2.44. The third-order valence-corrected chi connectivity index (χ3v) is 6.27. The van der Waals surface area contributed by atoms with Gasteiger partial charge >= 0.3 is 6.09 Å². The number of Topliss-reactive ketones (excluding diaryl/α,β-unsaturated/α-hetero) is 1. The fourth-order valence-corrected chi connectivity index (χ4v) is 4.54. The van der Waals surface area contributed by atoms with Crippen molar-refractivity contribution < 1.29 is 24.2 Å². The molecule has 2 unspecified atom stereocenters. The van der Waals surface area contributed by atoms with Crippen LogP contribution >= 0.6 is 0 Å². The number of carbonyl (C=O) groups is 3. The van der Waals surface area contributed by atoms with Crippen molar-refractivity contribution in [1.29, 1.82) is 5.41 Å². The van der Waals surface area contributed by atoms with Crippen LogP contribution in [0.5, 0.6) is 0 Å². The Morgan fingerprint density at radius 2 is 1.86 bits per heavy atom. The van der Waals surface area contributed by atoms with Gasteiger partial charge in [-0.25, -0.2) is 4.79 Å². The molecule has 0 aromatic heterocycles. The number of carbonyl (C=O) groups excluding carboxylic acids is 3. The van der Waals surface area contributed by atoms with E-state index in [1.54, 1.807) is 26.8 Å². The number of aliphatic hydroxyl groups is 1. The largest absolute Gasteiger partial charge is 0.444 e. The molecule has 1 aliphatic rings. The molecule has 8 nitrogen and oxygen atoms in total. The monoisotopic (exact) mass is 491 g/mol. The minimum Gasteiger partial charge on any atom is -0.444 e. The summed E-state index contributed by atoms with van der Waals surface area (Å²) < 4.78 is 5.25. The number of amides is 2. The molecule has 1 saturated carbocycles. The molecule has 1 aliphatic carbocycles. The second kappa shape index (κ2) is 12.5. The van der Waals surface area contributed by atoms with Crippen LogP contribution in [0, 0.1) is 22.7 Å². The summed E-state index contributed by atoms with van der Waals surface area (Å²) in [5.41, 5.74) is -1.08. The van der Waals surface area contributed by atoms with Gasteiger partial charge in [-0.2, -0.15) is 0 Å². The Morgan fingerprint density at radius 3 is 2.34 bits per heavy atom. The molecule has 3 atom stereocenters. The van der Waals surface area contributed by atoms with Gasteiger partial charge < -0.3 is 25.9 Å². The first kappa shape index (κ1) is 30.6. The summed E-state index contributed by atoms with van der Waals surface area (Å²) >= 11 is 0. The second-order valence-corrected chi connectivity index (χ2v) is 11.5. The lowest BCUT2D eigenvalue weighted by atomic mass is 9.61. The first-order chi connectivity index (χ1) is 16.1. The maximum absolute atomic E-state index is 13.8. The number of ether oxygens (including phenoxy) is 1. The van der Waals surface area contributed by atoms with E-state index in [4.69, 9.17) is 10.1 Å². The summed E-state index contributed by atoms with van der Waals surface area (Å²) in [5.74, 6) is -1.16. The second-order valence-electron chi connectivity index (χ2n) is 11.5. The first-order valence-corrected chi connectivity index (χ1v) is 12.3. The molecule has 8 heteroatoms. The molecule has 198 valence electrons. The zero-order valence-corrected chi connectivity index (χ0v) is 22.5. The highest BCUT2D eigenvalue weighted by molar-refractivity contribution is 6.07. The van der Waals surface area contributed by atoms with Crippen molar-refractivity contribution in [3.63, 3.8) is 0 Å². The Hall–Kier alpha value is -2.48. The van der Waals surface area contributed by atoms with E-state index in [0.29, 0.717) is 37.9 Å². The molecule has 0 heterocycles. The van der Waals surface area contributed by atoms with Crippen LogP contribution in [0.15, 0.2) is 24.3 Å². The SMILES string of the molecule is C=CCC1[C@@H](CO)C/C(=C/CCNC(=O)OC(C)(C)C)CC1(NC(C)=O)C(=O)CC(=N)C(C)(C)C. The Balaban J connectivity index is 3.24. The zero-order valence-electron chi connectivity index (χ0n) is 22.5. The van der Waals surface area contributed by atoms with E-state index < -0.39 is 22.6 Å².